The molecule has 0 aliphatic carbocycles. The van der Waals surface area contributed by atoms with E-state index in [1.54, 1.807) is 7.11 Å². The van der Waals surface area contributed by atoms with Crippen molar-refractivity contribution in [2.75, 3.05) is 56.2 Å². The first-order valence-corrected chi connectivity index (χ1v) is 12.2. The van der Waals surface area contributed by atoms with Crippen molar-refractivity contribution in [2.24, 2.45) is 0 Å². The molecule has 0 radical (unpaired) electrons. The third kappa shape index (κ3) is 5.03. The second-order valence-corrected chi connectivity index (χ2v) is 8.94. The zero-order chi connectivity index (χ0) is 22.3. The van der Waals surface area contributed by atoms with Gasteiger partial charge in [0.15, 0.2) is 0 Å². The Labute approximate surface area is 193 Å². The summed E-state index contributed by atoms with van der Waals surface area (Å²) in [6.45, 7) is 7.85. The van der Waals surface area contributed by atoms with E-state index in [4.69, 9.17) is 4.74 Å². The molecule has 172 valence electrons. The number of likely N-dealkylation sites (tertiary alicyclic amines) is 1. The van der Waals surface area contributed by atoms with E-state index in [-0.39, 0.29) is 5.92 Å². The number of rotatable bonds is 6. The number of ether oxygens (including phenoxy) is 1. The molecule has 2 aliphatic heterocycles. The molecule has 0 aromatic heterocycles. The van der Waals surface area contributed by atoms with Gasteiger partial charge in [0.05, 0.1) is 18.7 Å². The molecule has 1 unspecified atom stereocenters. The molecule has 1 amide bonds. The van der Waals surface area contributed by atoms with Gasteiger partial charge in [0.1, 0.15) is 5.75 Å². The SMILES string of the molecule is CCC(C(=O)N1CCCCCC1)c1ccc(N2CCN(c3ccccc3OC)CC2)cc1. The highest BCUT2D eigenvalue weighted by Crippen LogP contribution is 2.30. The molecule has 2 heterocycles. The zero-order valence-electron chi connectivity index (χ0n) is 19.6. The molecule has 2 aliphatic rings. The van der Waals surface area contributed by atoms with Crippen LogP contribution in [0, 0.1) is 0 Å². The predicted octanol–water partition coefficient (Wildman–Crippen LogP) is 4.92. The van der Waals surface area contributed by atoms with Gasteiger partial charge in [0.2, 0.25) is 5.91 Å². The second-order valence-electron chi connectivity index (χ2n) is 8.94. The molecule has 5 nitrogen and oxygen atoms in total. The van der Waals surface area contributed by atoms with Gasteiger partial charge in [-0.15, -0.1) is 0 Å². The van der Waals surface area contributed by atoms with Crippen molar-refractivity contribution in [2.45, 2.75) is 44.9 Å². The van der Waals surface area contributed by atoms with Crippen molar-refractivity contribution in [1.82, 2.24) is 4.90 Å². The third-order valence-electron chi connectivity index (χ3n) is 6.99. The number of piperazine rings is 1. The fourth-order valence-corrected chi connectivity index (χ4v) is 5.08. The molecule has 32 heavy (non-hydrogen) atoms. The lowest BCUT2D eigenvalue weighted by Crippen LogP contribution is -2.46. The fraction of sp³-hybridized carbons (Fsp3) is 0.519. The molecule has 2 aromatic rings. The van der Waals surface area contributed by atoms with Crippen LogP contribution in [0.1, 0.15) is 50.5 Å². The van der Waals surface area contributed by atoms with Crippen LogP contribution in [-0.2, 0) is 4.79 Å². The van der Waals surface area contributed by atoms with E-state index in [0.29, 0.717) is 5.91 Å². The van der Waals surface area contributed by atoms with E-state index in [1.165, 1.54) is 24.2 Å². The Kier molecular flexibility index (Phi) is 7.56. The maximum absolute atomic E-state index is 13.2. The van der Waals surface area contributed by atoms with Crippen LogP contribution in [0.2, 0.25) is 0 Å². The van der Waals surface area contributed by atoms with E-state index in [1.807, 2.05) is 12.1 Å². The number of anilines is 2. The van der Waals surface area contributed by atoms with Crippen LogP contribution in [0.25, 0.3) is 0 Å². The second kappa shape index (κ2) is 10.8. The number of hydrogen-bond acceptors (Lipinski definition) is 4. The number of hydrogen-bond donors (Lipinski definition) is 0. The molecule has 2 fully saturated rings. The minimum atomic E-state index is -0.0236. The Bertz CT molecular complexity index is 867. The van der Waals surface area contributed by atoms with Gasteiger partial charge in [0.25, 0.3) is 0 Å². The topological polar surface area (TPSA) is 36.0 Å². The van der Waals surface area contributed by atoms with Crippen LogP contribution in [0.5, 0.6) is 5.75 Å². The van der Waals surface area contributed by atoms with Crippen LogP contribution in [-0.4, -0.2) is 57.2 Å². The molecule has 5 heteroatoms. The summed E-state index contributed by atoms with van der Waals surface area (Å²) in [6.07, 6.45) is 5.63. The van der Waals surface area contributed by atoms with Crippen molar-refractivity contribution in [3.8, 4) is 5.75 Å². The van der Waals surface area contributed by atoms with E-state index < -0.39 is 0 Å². The number of nitrogens with zero attached hydrogens (tertiary/aromatic N) is 3. The number of carbonyl (C=O) groups excluding carboxylic acids is 1. The van der Waals surface area contributed by atoms with Gasteiger partial charge in [-0.05, 0) is 49.1 Å². The van der Waals surface area contributed by atoms with Crippen molar-refractivity contribution < 1.29 is 9.53 Å². The van der Waals surface area contributed by atoms with Crippen LogP contribution in [0.15, 0.2) is 48.5 Å². The first-order valence-electron chi connectivity index (χ1n) is 12.2. The lowest BCUT2D eigenvalue weighted by molar-refractivity contribution is -0.132. The van der Waals surface area contributed by atoms with E-state index in [2.05, 4.69) is 58.0 Å². The summed E-state index contributed by atoms with van der Waals surface area (Å²) < 4.78 is 5.54. The fourth-order valence-electron chi connectivity index (χ4n) is 5.08. The predicted molar refractivity (Wildman–Crippen MR) is 132 cm³/mol. The molecule has 4 rings (SSSR count). The van der Waals surface area contributed by atoms with Crippen LogP contribution >= 0.6 is 0 Å². The molecule has 2 aromatic carbocycles. The van der Waals surface area contributed by atoms with E-state index >= 15 is 0 Å². The van der Waals surface area contributed by atoms with Gasteiger partial charge in [-0.1, -0.05) is 44.0 Å². The van der Waals surface area contributed by atoms with Crippen LogP contribution in [0.4, 0.5) is 11.4 Å². The maximum Gasteiger partial charge on any atom is 0.230 e. The summed E-state index contributed by atoms with van der Waals surface area (Å²) in [5.74, 6) is 1.22. The number of carbonyl (C=O) groups is 1. The lowest BCUT2D eigenvalue weighted by atomic mass is 9.94. The molecular weight excluding hydrogens is 398 g/mol. The number of benzene rings is 2. The Morgan fingerprint density at radius 1 is 0.844 bits per heavy atom. The maximum atomic E-state index is 13.2. The molecule has 0 bridgehead atoms. The lowest BCUT2D eigenvalue weighted by Gasteiger charge is -2.38. The minimum Gasteiger partial charge on any atom is -0.495 e. The molecule has 0 N–H and O–H groups in total. The quantitative estimate of drug-likeness (QED) is 0.645. The van der Waals surface area contributed by atoms with Crippen LogP contribution in [0.3, 0.4) is 0 Å². The Morgan fingerprint density at radius 3 is 2.09 bits per heavy atom. The Balaban J connectivity index is 1.38. The highest BCUT2D eigenvalue weighted by atomic mass is 16.5. The van der Waals surface area contributed by atoms with Gasteiger partial charge in [-0.25, -0.2) is 0 Å². The Morgan fingerprint density at radius 2 is 1.47 bits per heavy atom. The first kappa shape index (κ1) is 22.5. The third-order valence-corrected chi connectivity index (χ3v) is 6.99. The number of para-hydroxylation sites is 2. The highest BCUT2D eigenvalue weighted by molar-refractivity contribution is 5.84. The Hall–Kier alpha value is -2.69. The van der Waals surface area contributed by atoms with Gasteiger partial charge in [-0.2, -0.15) is 0 Å². The normalized spacial score (nSPS) is 18.2. The number of amides is 1. The minimum absolute atomic E-state index is 0.0236. The summed E-state index contributed by atoms with van der Waals surface area (Å²) in [6, 6.07) is 17.0. The average Bonchev–Trinajstić information content (AvgIpc) is 3.15. The monoisotopic (exact) mass is 435 g/mol. The largest absolute Gasteiger partial charge is 0.495 e. The molecule has 0 spiro atoms. The number of methoxy groups -OCH3 is 1. The van der Waals surface area contributed by atoms with Crippen molar-refractivity contribution >= 4 is 17.3 Å². The van der Waals surface area contributed by atoms with Crippen molar-refractivity contribution in [3.05, 3.63) is 54.1 Å². The smallest absolute Gasteiger partial charge is 0.230 e. The summed E-state index contributed by atoms with van der Waals surface area (Å²) in [7, 11) is 1.73. The van der Waals surface area contributed by atoms with Crippen LogP contribution < -0.4 is 14.5 Å². The van der Waals surface area contributed by atoms with Gasteiger partial charge >= 0.3 is 0 Å². The molecule has 0 saturated carbocycles. The van der Waals surface area contributed by atoms with E-state index in [0.717, 1.165) is 69.8 Å². The van der Waals surface area contributed by atoms with Crippen molar-refractivity contribution in [1.29, 1.82) is 0 Å². The van der Waals surface area contributed by atoms with E-state index in [9.17, 15) is 4.79 Å². The summed E-state index contributed by atoms with van der Waals surface area (Å²) in [4.78, 5) is 20.1. The standard InChI is InChI=1S/C27H37N3O2/c1-3-24(27(31)30-16-8-4-5-9-17-30)22-12-14-23(15-13-22)28-18-20-29(21-19-28)25-10-6-7-11-26(25)32-2/h6-7,10-15,24H,3-5,8-9,16-21H2,1-2H3. The summed E-state index contributed by atoms with van der Waals surface area (Å²) in [5, 5.41) is 0. The summed E-state index contributed by atoms with van der Waals surface area (Å²) in [5.41, 5.74) is 3.56. The van der Waals surface area contributed by atoms with Crippen molar-refractivity contribution in [3.63, 3.8) is 0 Å². The zero-order valence-corrected chi connectivity index (χ0v) is 19.6. The van der Waals surface area contributed by atoms with Gasteiger partial charge in [0, 0.05) is 45.0 Å². The summed E-state index contributed by atoms with van der Waals surface area (Å²) >= 11 is 0. The molecule has 2 saturated heterocycles. The molecular formula is C27H37N3O2. The van der Waals surface area contributed by atoms with Gasteiger partial charge in [-0.3, -0.25) is 4.79 Å². The molecule has 1 atom stereocenters. The highest BCUT2D eigenvalue weighted by Gasteiger charge is 2.25. The van der Waals surface area contributed by atoms with Gasteiger partial charge < -0.3 is 19.4 Å². The average molecular weight is 436 g/mol. The first-order chi connectivity index (χ1) is 15.7.